The van der Waals surface area contributed by atoms with E-state index in [1.807, 2.05) is 59.7 Å². The lowest BCUT2D eigenvalue weighted by Gasteiger charge is -2.23. The molecule has 0 aromatic heterocycles. The van der Waals surface area contributed by atoms with E-state index in [1.165, 1.54) is 44.5 Å². The van der Waals surface area contributed by atoms with Crippen molar-refractivity contribution in [3.8, 4) is 0 Å². The molecular formula is C25H39N3O2S2. The Morgan fingerprint density at radius 3 is 1.53 bits per heavy atom. The van der Waals surface area contributed by atoms with Gasteiger partial charge in [0.05, 0.1) is 0 Å². The van der Waals surface area contributed by atoms with Crippen molar-refractivity contribution in [3.05, 3.63) is 47.5 Å². The summed E-state index contributed by atoms with van der Waals surface area (Å²) >= 11 is 0. The van der Waals surface area contributed by atoms with Crippen molar-refractivity contribution in [1.29, 1.82) is 0 Å². The number of amides is 2. The van der Waals surface area contributed by atoms with E-state index in [9.17, 15) is 9.59 Å². The van der Waals surface area contributed by atoms with Crippen molar-refractivity contribution >= 4 is 44.2 Å². The first-order valence-corrected chi connectivity index (χ1v) is 13.7. The Balaban J connectivity index is 0.000000301. The second-order valence-corrected chi connectivity index (χ2v) is 10.5. The SMILES string of the molecule is CC.CN(C)CCCSSCCCN(C)C.CN1C(=O)c2cccc3cccc(c23)C1=O. The minimum Gasteiger partial charge on any atom is -0.309 e. The molecule has 7 heteroatoms. The molecule has 5 nitrogen and oxygen atoms in total. The van der Waals surface area contributed by atoms with E-state index in [0.717, 1.165) is 15.7 Å². The Labute approximate surface area is 202 Å². The van der Waals surface area contributed by atoms with Gasteiger partial charge >= 0.3 is 0 Å². The summed E-state index contributed by atoms with van der Waals surface area (Å²) < 4.78 is 0. The molecule has 0 N–H and O–H groups in total. The molecule has 0 saturated heterocycles. The topological polar surface area (TPSA) is 43.9 Å². The average molecular weight is 478 g/mol. The molecule has 3 rings (SSSR count). The molecule has 0 atom stereocenters. The van der Waals surface area contributed by atoms with E-state index in [2.05, 4.69) is 38.0 Å². The monoisotopic (exact) mass is 477 g/mol. The van der Waals surface area contributed by atoms with Crippen LogP contribution in [0.2, 0.25) is 0 Å². The Morgan fingerprint density at radius 2 is 1.16 bits per heavy atom. The minimum atomic E-state index is -0.228. The van der Waals surface area contributed by atoms with E-state index in [-0.39, 0.29) is 11.8 Å². The van der Waals surface area contributed by atoms with E-state index >= 15 is 0 Å². The third-order valence-corrected chi connectivity index (χ3v) is 7.30. The highest BCUT2D eigenvalue weighted by molar-refractivity contribution is 8.76. The van der Waals surface area contributed by atoms with E-state index in [4.69, 9.17) is 0 Å². The third-order valence-electron chi connectivity index (χ3n) is 4.72. The van der Waals surface area contributed by atoms with Gasteiger partial charge in [-0.1, -0.05) is 59.7 Å². The number of nitrogens with zero attached hydrogens (tertiary/aromatic N) is 3. The number of carbonyl (C=O) groups excluding carboxylic acids is 2. The fourth-order valence-corrected chi connectivity index (χ4v) is 5.29. The molecule has 2 aromatic carbocycles. The molecule has 0 saturated carbocycles. The highest BCUT2D eigenvalue weighted by Gasteiger charge is 2.29. The van der Waals surface area contributed by atoms with E-state index in [1.54, 1.807) is 12.1 Å². The summed E-state index contributed by atoms with van der Waals surface area (Å²) in [5.74, 6) is 2.11. The molecule has 1 aliphatic heterocycles. The molecule has 0 aliphatic carbocycles. The predicted octanol–water partition coefficient (Wildman–Crippen LogP) is 5.36. The van der Waals surface area contributed by atoms with Crippen LogP contribution in [0, 0.1) is 0 Å². The first-order valence-electron chi connectivity index (χ1n) is 11.2. The van der Waals surface area contributed by atoms with Gasteiger partial charge in [-0.2, -0.15) is 0 Å². The summed E-state index contributed by atoms with van der Waals surface area (Å²) in [4.78, 5) is 29.5. The maximum absolute atomic E-state index is 11.9. The lowest BCUT2D eigenvalue weighted by molar-refractivity contribution is 0.0650. The Morgan fingerprint density at radius 1 is 0.750 bits per heavy atom. The van der Waals surface area contributed by atoms with Crippen molar-refractivity contribution in [1.82, 2.24) is 14.7 Å². The molecule has 178 valence electrons. The Kier molecular flexibility index (Phi) is 13.6. The molecule has 0 bridgehead atoms. The van der Waals surface area contributed by atoms with E-state index < -0.39 is 0 Å². The van der Waals surface area contributed by atoms with Crippen molar-refractivity contribution < 1.29 is 9.59 Å². The number of hydrogen-bond acceptors (Lipinski definition) is 6. The average Bonchev–Trinajstić information content (AvgIpc) is 2.79. The first-order chi connectivity index (χ1) is 15.3. The van der Waals surface area contributed by atoms with Crippen LogP contribution in [-0.4, -0.2) is 86.3 Å². The van der Waals surface area contributed by atoms with Gasteiger partial charge in [-0.3, -0.25) is 14.5 Å². The van der Waals surface area contributed by atoms with Crippen molar-refractivity contribution in [2.24, 2.45) is 0 Å². The van der Waals surface area contributed by atoms with Crippen LogP contribution in [0.15, 0.2) is 36.4 Å². The van der Waals surface area contributed by atoms with Crippen molar-refractivity contribution in [2.45, 2.75) is 26.7 Å². The standard InChI is InChI=1S/C13H9NO2.C10H24N2S2.C2H6/c1-14-12(15)9-6-2-4-8-5-3-7-10(11(8)9)13(14)16;1-11(2)7-5-9-13-14-10-6-8-12(3)4;1-2/h2-7H,1H3;5-10H2,1-4H3;1-2H3. The van der Waals surface area contributed by atoms with Gasteiger partial charge in [-0.15, -0.1) is 0 Å². The molecule has 1 aliphatic rings. The first kappa shape index (κ1) is 28.5. The van der Waals surface area contributed by atoms with Gasteiger partial charge in [0.2, 0.25) is 0 Å². The summed E-state index contributed by atoms with van der Waals surface area (Å²) in [7, 11) is 14.1. The van der Waals surface area contributed by atoms with Gasteiger partial charge in [0, 0.05) is 35.1 Å². The zero-order chi connectivity index (χ0) is 24.1. The second kappa shape index (κ2) is 15.3. The largest absolute Gasteiger partial charge is 0.309 e. The zero-order valence-electron chi connectivity index (χ0n) is 20.7. The van der Waals surface area contributed by atoms with Crippen LogP contribution in [-0.2, 0) is 0 Å². The summed E-state index contributed by atoms with van der Waals surface area (Å²) in [6.07, 6.45) is 2.61. The molecule has 1 heterocycles. The summed E-state index contributed by atoms with van der Waals surface area (Å²) in [5.41, 5.74) is 1.21. The maximum Gasteiger partial charge on any atom is 0.261 e. The molecule has 0 unspecified atom stereocenters. The Bertz CT molecular complexity index is 791. The van der Waals surface area contributed by atoms with Crippen LogP contribution in [0.5, 0.6) is 0 Å². The molecule has 2 aromatic rings. The van der Waals surface area contributed by atoms with Gasteiger partial charge in [0.1, 0.15) is 0 Å². The Hall–Kier alpha value is -1.54. The van der Waals surface area contributed by atoms with Gasteiger partial charge in [0.25, 0.3) is 11.8 Å². The summed E-state index contributed by atoms with van der Waals surface area (Å²) in [6, 6.07) is 11.0. The highest BCUT2D eigenvalue weighted by Crippen LogP contribution is 2.29. The van der Waals surface area contributed by atoms with Crippen LogP contribution in [0.1, 0.15) is 47.4 Å². The number of rotatable bonds is 9. The highest BCUT2D eigenvalue weighted by atomic mass is 33.1. The van der Waals surface area contributed by atoms with Crippen LogP contribution < -0.4 is 0 Å². The zero-order valence-corrected chi connectivity index (χ0v) is 22.3. The van der Waals surface area contributed by atoms with Crippen LogP contribution in [0.4, 0.5) is 0 Å². The van der Waals surface area contributed by atoms with Crippen LogP contribution in [0.25, 0.3) is 10.8 Å². The fourth-order valence-electron chi connectivity index (χ4n) is 3.15. The van der Waals surface area contributed by atoms with Gasteiger partial charge in [0.15, 0.2) is 0 Å². The van der Waals surface area contributed by atoms with Gasteiger partial charge in [-0.25, -0.2) is 0 Å². The molecule has 32 heavy (non-hydrogen) atoms. The number of imide groups is 1. The summed E-state index contributed by atoms with van der Waals surface area (Å²) in [6.45, 7) is 6.43. The molecule has 2 amide bonds. The molecule has 0 fully saturated rings. The fraction of sp³-hybridized carbons (Fsp3) is 0.520. The maximum atomic E-state index is 11.9. The van der Waals surface area contributed by atoms with Crippen molar-refractivity contribution in [3.63, 3.8) is 0 Å². The summed E-state index contributed by atoms with van der Waals surface area (Å²) in [5, 5.41) is 1.71. The van der Waals surface area contributed by atoms with Crippen LogP contribution >= 0.6 is 21.6 Å². The molecule has 0 radical (unpaired) electrons. The molecule has 0 spiro atoms. The number of carbonyl (C=O) groups is 2. The lowest BCUT2D eigenvalue weighted by atomic mass is 9.94. The van der Waals surface area contributed by atoms with Gasteiger partial charge in [-0.05, 0) is 71.6 Å². The smallest absolute Gasteiger partial charge is 0.261 e. The number of hydrogen-bond donors (Lipinski definition) is 0. The third kappa shape index (κ3) is 8.77. The van der Waals surface area contributed by atoms with Crippen LogP contribution in [0.3, 0.4) is 0 Å². The predicted molar refractivity (Wildman–Crippen MR) is 143 cm³/mol. The normalized spacial score (nSPS) is 12.6. The van der Waals surface area contributed by atoms with Gasteiger partial charge < -0.3 is 9.80 Å². The molecular weight excluding hydrogens is 438 g/mol. The lowest BCUT2D eigenvalue weighted by Crippen LogP contribution is -2.36. The second-order valence-electron chi connectivity index (χ2n) is 7.84. The quantitative estimate of drug-likeness (QED) is 0.275. The number of benzene rings is 2. The van der Waals surface area contributed by atoms with E-state index in [0.29, 0.717) is 11.1 Å². The minimum absolute atomic E-state index is 0.227. The van der Waals surface area contributed by atoms with Crippen molar-refractivity contribution in [2.75, 3.05) is 59.8 Å².